The van der Waals surface area contributed by atoms with E-state index < -0.39 is 5.41 Å². The third-order valence-electron chi connectivity index (χ3n) is 10.0. The minimum Gasteiger partial charge on any atom is -0.311 e. The molecule has 1 aliphatic heterocycles. The molecular weight excluding hydrogens is 635 g/mol. The number of nitrogens with zero attached hydrogens (tertiary/aromatic N) is 1. The van der Waals surface area contributed by atoms with Crippen LogP contribution in [0.15, 0.2) is 222 Å². The summed E-state index contributed by atoms with van der Waals surface area (Å²) in [5.74, 6) is 0. The predicted molar refractivity (Wildman–Crippen MR) is 214 cm³/mol. The first kappa shape index (κ1) is 30.9. The van der Waals surface area contributed by atoms with Crippen molar-refractivity contribution < 1.29 is 0 Å². The average molecular weight is 670 g/mol. The molecule has 1 nitrogen and oxygen atoms in total. The predicted octanol–water partition coefficient (Wildman–Crippen LogP) is 13.3. The van der Waals surface area contributed by atoms with Crippen molar-refractivity contribution in [3.63, 3.8) is 0 Å². The molecule has 8 aromatic carbocycles. The molecule has 8 aromatic rings. The summed E-state index contributed by atoms with van der Waals surface area (Å²) in [6.45, 7) is 0. The molecule has 0 radical (unpaired) electrons. The van der Waals surface area contributed by atoms with Gasteiger partial charge in [-0.05, 0) is 99.1 Å². The highest BCUT2D eigenvalue weighted by molar-refractivity contribution is 7.99. The first-order chi connectivity index (χ1) is 25.3. The normalized spacial score (nSPS) is 12.8. The van der Waals surface area contributed by atoms with Crippen LogP contribution in [0.5, 0.6) is 0 Å². The highest BCUT2D eigenvalue weighted by atomic mass is 32.2. The summed E-state index contributed by atoms with van der Waals surface area (Å²) >= 11 is 1.87. The fourth-order valence-corrected chi connectivity index (χ4v) is 8.82. The van der Waals surface area contributed by atoms with E-state index in [0.29, 0.717) is 0 Å². The molecule has 0 bridgehead atoms. The lowest BCUT2D eigenvalue weighted by molar-refractivity contribution is 0.703. The van der Waals surface area contributed by atoms with Gasteiger partial charge in [-0.25, -0.2) is 0 Å². The number of benzene rings is 8. The van der Waals surface area contributed by atoms with Crippen LogP contribution in [0.25, 0.3) is 22.3 Å². The first-order valence-electron chi connectivity index (χ1n) is 17.4. The summed E-state index contributed by atoms with van der Waals surface area (Å²) in [5.41, 5.74) is 12.9. The van der Waals surface area contributed by atoms with Crippen molar-refractivity contribution in [3.05, 3.63) is 235 Å². The number of hydrogen-bond acceptors (Lipinski definition) is 2. The molecule has 0 aliphatic carbocycles. The van der Waals surface area contributed by atoms with E-state index in [1.165, 1.54) is 54.3 Å². The molecule has 1 heterocycles. The van der Waals surface area contributed by atoms with Crippen LogP contribution < -0.4 is 4.90 Å². The molecule has 0 saturated heterocycles. The molecule has 0 aromatic heterocycles. The number of anilines is 3. The second-order valence-corrected chi connectivity index (χ2v) is 14.0. The molecule has 0 unspecified atom stereocenters. The zero-order chi connectivity index (χ0) is 34.0. The lowest BCUT2D eigenvalue weighted by Crippen LogP contribution is -2.34. The summed E-state index contributed by atoms with van der Waals surface area (Å²) in [4.78, 5) is 4.91. The van der Waals surface area contributed by atoms with Gasteiger partial charge >= 0.3 is 0 Å². The maximum atomic E-state index is 2.44. The Kier molecular flexibility index (Phi) is 8.08. The van der Waals surface area contributed by atoms with Crippen LogP contribution in [0.1, 0.15) is 22.3 Å². The summed E-state index contributed by atoms with van der Waals surface area (Å²) in [5, 5.41) is 0. The number of hydrogen-bond donors (Lipinski definition) is 0. The highest BCUT2D eigenvalue weighted by Crippen LogP contribution is 2.56. The summed E-state index contributed by atoms with van der Waals surface area (Å²) < 4.78 is 0. The van der Waals surface area contributed by atoms with E-state index in [9.17, 15) is 0 Å². The van der Waals surface area contributed by atoms with Gasteiger partial charge in [0.15, 0.2) is 0 Å². The van der Waals surface area contributed by atoms with E-state index in [4.69, 9.17) is 0 Å². The van der Waals surface area contributed by atoms with Crippen LogP contribution in [0.3, 0.4) is 0 Å². The minimum atomic E-state index is -0.453. The maximum absolute atomic E-state index is 2.44. The molecule has 51 heavy (non-hydrogen) atoms. The van der Waals surface area contributed by atoms with Gasteiger partial charge in [-0.15, -0.1) is 0 Å². The van der Waals surface area contributed by atoms with Crippen LogP contribution >= 0.6 is 11.8 Å². The van der Waals surface area contributed by atoms with Gasteiger partial charge in [-0.2, -0.15) is 0 Å². The van der Waals surface area contributed by atoms with Gasteiger partial charge in [-0.3, -0.25) is 0 Å². The van der Waals surface area contributed by atoms with E-state index in [2.05, 4.69) is 217 Å². The van der Waals surface area contributed by atoms with E-state index >= 15 is 0 Å². The third kappa shape index (κ3) is 5.55. The number of fused-ring (bicyclic) bond motifs is 2. The van der Waals surface area contributed by atoms with E-state index in [-0.39, 0.29) is 0 Å². The monoisotopic (exact) mass is 669 g/mol. The van der Waals surface area contributed by atoms with Crippen molar-refractivity contribution in [2.24, 2.45) is 0 Å². The van der Waals surface area contributed by atoms with Crippen LogP contribution in [0.4, 0.5) is 17.1 Å². The van der Waals surface area contributed by atoms with Gasteiger partial charge in [0.25, 0.3) is 0 Å². The maximum Gasteiger partial charge on any atom is 0.0723 e. The Hall–Kier alpha value is -6.09. The van der Waals surface area contributed by atoms with E-state index in [1.807, 2.05) is 11.8 Å². The Morgan fingerprint density at radius 1 is 0.314 bits per heavy atom. The Morgan fingerprint density at radius 3 is 1.31 bits per heavy atom. The summed E-state index contributed by atoms with van der Waals surface area (Å²) in [7, 11) is 0. The molecule has 0 N–H and O–H groups in total. The Morgan fingerprint density at radius 2 is 0.725 bits per heavy atom. The summed E-state index contributed by atoms with van der Waals surface area (Å²) in [6.07, 6.45) is 0. The minimum absolute atomic E-state index is 0.453. The molecule has 0 amide bonds. The van der Waals surface area contributed by atoms with E-state index in [1.54, 1.807) is 0 Å². The summed E-state index contributed by atoms with van der Waals surface area (Å²) in [6, 6.07) is 77.1. The van der Waals surface area contributed by atoms with Crippen molar-refractivity contribution in [1.82, 2.24) is 0 Å². The van der Waals surface area contributed by atoms with Gasteiger partial charge in [0.05, 0.1) is 5.41 Å². The Labute approximate surface area is 304 Å². The highest BCUT2D eigenvalue weighted by Gasteiger charge is 2.44. The fraction of sp³-hybridized carbons (Fsp3) is 0.0204. The van der Waals surface area contributed by atoms with Crippen LogP contribution in [0, 0.1) is 0 Å². The molecular formula is C49H35NS. The van der Waals surface area contributed by atoms with Crippen molar-refractivity contribution >= 4 is 28.8 Å². The van der Waals surface area contributed by atoms with Gasteiger partial charge in [-0.1, -0.05) is 169 Å². The quantitative estimate of drug-likeness (QED) is 0.166. The Balaban J connectivity index is 1.15. The molecule has 242 valence electrons. The van der Waals surface area contributed by atoms with Crippen molar-refractivity contribution in [3.8, 4) is 22.3 Å². The molecule has 2 heteroatoms. The smallest absolute Gasteiger partial charge is 0.0723 e. The van der Waals surface area contributed by atoms with Gasteiger partial charge in [0.2, 0.25) is 0 Å². The molecule has 0 fully saturated rings. The second-order valence-electron chi connectivity index (χ2n) is 12.9. The topological polar surface area (TPSA) is 3.24 Å². The van der Waals surface area contributed by atoms with Crippen LogP contribution in [-0.2, 0) is 5.41 Å². The number of rotatable bonds is 7. The van der Waals surface area contributed by atoms with Crippen molar-refractivity contribution in [2.75, 3.05) is 4.90 Å². The van der Waals surface area contributed by atoms with Crippen molar-refractivity contribution in [1.29, 1.82) is 0 Å². The van der Waals surface area contributed by atoms with Gasteiger partial charge < -0.3 is 4.90 Å². The van der Waals surface area contributed by atoms with Gasteiger partial charge in [0.1, 0.15) is 0 Å². The first-order valence-corrected chi connectivity index (χ1v) is 18.2. The van der Waals surface area contributed by atoms with Crippen LogP contribution in [-0.4, -0.2) is 0 Å². The molecule has 0 saturated carbocycles. The van der Waals surface area contributed by atoms with E-state index in [0.717, 1.165) is 17.1 Å². The molecule has 9 rings (SSSR count). The number of para-hydroxylation sites is 1. The fourth-order valence-electron chi connectivity index (χ4n) is 7.65. The lowest BCUT2D eigenvalue weighted by atomic mass is 9.64. The lowest BCUT2D eigenvalue weighted by Gasteiger charge is -2.42. The second kappa shape index (κ2) is 13.3. The zero-order valence-corrected chi connectivity index (χ0v) is 28.9. The largest absolute Gasteiger partial charge is 0.311 e. The van der Waals surface area contributed by atoms with Gasteiger partial charge in [0, 0.05) is 26.9 Å². The van der Waals surface area contributed by atoms with Crippen LogP contribution in [0.2, 0.25) is 0 Å². The zero-order valence-electron chi connectivity index (χ0n) is 28.1. The Bertz CT molecular complexity index is 2370. The van der Waals surface area contributed by atoms with Crippen molar-refractivity contribution in [2.45, 2.75) is 15.2 Å². The standard InChI is InChI=1S/C49H35NS/c1-5-15-36(16-6-1)37-25-30-43(31-26-37)50(42-21-11-4-12-22-42)44-32-27-38(28-33-44)39-29-34-48-46(35-39)49(40-17-7-2-8-18-40,41-19-9-3-10-20-41)45-23-13-14-24-47(45)51-48/h1-35H. The molecule has 0 atom stereocenters. The third-order valence-corrected chi connectivity index (χ3v) is 11.2. The SMILES string of the molecule is c1ccc(-c2ccc(N(c3ccccc3)c3ccc(-c4ccc5c(c4)C(c4ccccc4)(c4ccccc4)c4ccccc4S5)cc3)cc2)cc1. The molecule has 1 aliphatic rings. The average Bonchev–Trinajstić information content (AvgIpc) is 3.22. The molecule has 0 spiro atoms.